The Balaban J connectivity index is 3.81. The molecule has 0 saturated carbocycles. The normalized spacial score (nSPS) is 11.7. The summed E-state index contributed by atoms with van der Waals surface area (Å²) in [6.07, 6.45) is 3.10. The highest BCUT2D eigenvalue weighted by molar-refractivity contribution is 5.81. The van der Waals surface area contributed by atoms with Gasteiger partial charge in [0.1, 0.15) is 13.2 Å². The molecule has 0 aliphatic carbocycles. The SMILES string of the molecule is CC=CC(=O)OCC[N+](C)(C)CCC(=O)O. The highest BCUT2D eigenvalue weighted by Gasteiger charge is 2.16. The number of hydrogen-bond acceptors (Lipinski definition) is 3. The first-order valence-corrected chi connectivity index (χ1v) is 5.20. The molecule has 0 radical (unpaired) electrons. The molecule has 0 heterocycles. The van der Waals surface area contributed by atoms with Gasteiger partial charge in [-0.15, -0.1) is 0 Å². The van der Waals surface area contributed by atoms with Gasteiger partial charge in [-0.1, -0.05) is 6.08 Å². The maximum absolute atomic E-state index is 11.0. The van der Waals surface area contributed by atoms with Gasteiger partial charge in [0.05, 0.1) is 27.1 Å². The van der Waals surface area contributed by atoms with Crippen LogP contribution in [0.4, 0.5) is 0 Å². The van der Waals surface area contributed by atoms with Crippen molar-refractivity contribution in [2.24, 2.45) is 0 Å². The van der Waals surface area contributed by atoms with Gasteiger partial charge < -0.3 is 14.3 Å². The van der Waals surface area contributed by atoms with Crippen LogP contribution in [0.15, 0.2) is 12.2 Å². The van der Waals surface area contributed by atoms with E-state index in [0.29, 0.717) is 24.2 Å². The number of carboxylic acids is 1. The third-order valence-electron chi connectivity index (χ3n) is 2.17. The third kappa shape index (κ3) is 7.99. The minimum Gasteiger partial charge on any atom is -0.481 e. The first kappa shape index (κ1) is 14.6. The molecule has 0 aromatic carbocycles. The summed E-state index contributed by atoms with van der Waals surface area (Å²) in [4.78, 5) is 21.4. The second-order valence-electron chi connectivity index (χ2n) is 4.19. The van der Waals surface area contributed by atoms with Crippen molar-refractivity contribution < 1.29 is 23.9 Å². The summed E-state index contributed by atoms with van der Waals surface area (Å²) >= 11 is 0. The molecule has 92 valence electrons. The smallest absolute Gasteiger partial charge is 0.330 e. The van der Waals surface area contributed by atoms with E-state index in [1.807, 2.05) is 14.1 Å². The molecular formula is C11H20NO4+. The topological polar surface area (TPSA) is 63.6 Å². The summed E-state index contributed by atoms with van der Waals surface area (Å²) in [6, 6.07) is 0. The van der Waals surface area contributed by atoms with Crippen LogP contribution < -0.4 is 0 Å². The van der Waals surface area contributed by atoms with Crippen LogP contribution in [0, 0.1) is 0 Å². The van der Waals surface area contributed by atoms with Crippen LogP contribution in [0.3, 0.4) is 0 Å². The number of carboxylic acid groups (broad SMARTS) is 1. The molecule has 0 aromatic heterocycles. The molecule has 0 unspecified atom stereocenters. The number of quaternary nitrogens is 1. The zero-order valence-corrected chi connectivity index (χ0v) is 10.1. The standard InChI is InChI=1S/C11H19NO4/c1-4-5-11(15)16-9-8-12(2,3)7-6-10(13)14/h4-5H,6-9H2,1-3H3/p+1. The molecule has 0 amide bonds. The fourth-order valence-corrected chi connectivity index (χ4v) is 1.09. The van der Waals surface area contributed by atoms with Gasteiger partial charge in [-0.2, -0.15) is 0 Å². The molecule has 0 atom stereocenters. The Kier molecular flexibility index (Phi) is 6.41. The lowest BCUT2D eigenvalue weighted by atomic mass is 10.3. The molecule has 5 nitrogen and oxygen atoms in total. The van der Waals surface area contributed by atoms with Gasteiger partial charge >= 0.3 is 11.9 Å². The number of nitrogens with zero attached hydrogens (tertiary/aromatic N) is 1. The number of carbonyl (C=O) groups excluding carboxylic acids is 1. The lowest BCUT2D eigenvalue weighted by Gasteiger charge is -2.28. The molecule has 0 rings (SSSR count). The Morgan fingerprint density at radius 3 is 2.44 bits per heavy atom. The van der Waals surface area contributed by atoms with Crippen LogP contribution in [-0.2, 0) is 14.3 Å². The molecule has 16 heavy (non-hydrogen) atoms. The van der Waals surface area contributed by atoms with Gasteiger partial charge in [0, 0.05) is 6.08 Å². The number of rotatable bonds is 7. The quantitative estimate of drug-likeness (QED) is 0.396. The molecule has 5 heteroatoms. The Morgan fingerprint density at radius 2 is 1.94 bits per heavy atom. The number of aliphatic carboxylic acids is 1. The monoisotopic (exact) mass is 230 g/mol. The molecule has 1 N–H and O–H groups in total. The Bertz CT molecular complexity index is 271. The van der Waals surface area contributed by atoms with E-state index in [0.717, 1.165) is 0 Å². The van der Waals surface area contributed by atoms with Crippen molar-refractivity contribution in [3.05, 3.63) is 12.2 Å². The molecular weight excluding hydrogens is 210 g/mol. The zero-order chi connectivity index (χ0) is 12.6. The van der Waals surface area contributed by atoms with Crippen molar-refractivity contribution >= 4 is 11.9 Å². The van der Waals surface area contributed by atoms with Crippen molar-refractivity contribution in [2.45, 2.75) is 13.3 Å². The third-order valence-corrected chi connectivity index (χ3v) is 2.17. The molecule has 0 bridgehead atoms. The maximum atomic E-state index is 11.0. The van der Waals surface area contributed by atoms with Gasteiger partial charge in [-0.05, 0) is 6.92 Å². The zero-order valence-electron chi connectivity index (χ0n) is 10.1. The molecule has 0 saturated heterocycles. The minimum atomic E-state index is -0.808. The van der Waals surface area contributed by atoms with Crippen LogP contribution >= 0.6 is 0 Å². The number of esters is 1. The lowest BCUT2D eigenvalue weighted by Crippen LogP contribution is -2.43. The first-order valence-electron chi connectivity index (χ1n) is 5.20. The molecule has 0 spiro atoms. The average Bonchev–Trinajstić information content (AvgIpc) is 2.15. The van der Waals surface area contributed by atoms with E-state index >= 15 is 0 Å². The Morgan fingerprint density at radius 1 is 1.31 bits per heavy atom. The maximum Gasteiger partial charge on any atom is 0.330 e. The number of ether oxygens (including phenoxy) is 1. The van der Waals surface area contributed by atoms with E-state index in [-0.39, 0.29) is 12.4 Å². The highest BCUT2D eigenvalue weighted by Crippen LogP contribution is 1.99. The second kappa shape index (κ2) is 7.00. The van der Waals surface area contributed by atoms with Crippen LogP contribution in [-0.4, -0.2) is 55.3 Å². The molecule has 0 aliphatic heterocycles. The van der Waals surface area contributed by atoms with E-state index in [2.05, 4.69) is 0 Å². The van der Waals surface area contributed by atoms with Crippen molar-refractivity contribution in [1.82, 2.24) is 0 Å². The number of hydrogen-bond donors (Lipinski definition) is 1. The fraction of sp³-hybridized carbons (Fsp3) is 0.636. The van der Waals surface area contributed by atoms with Crippen molar-refractivity contribution in [2.75, 3.05) is 33.8 Å². The van der Waals surface area contributed by atoms with E-state index < -0.39 is 5.97 Å². The minimum absolute atomic E-state index is 0.121. The van der Waals surface area contributed by atoms with Gasteiger partial charge in [0.25, 0.3) is 0 Å². The van der Waals surface area contributed by atoms with Crippen LogP contribution in [0.25, 0.3) is 0 Å². The summed E-state index contributed by atoms with van der Waals surface area (Å²) < 4.78 is 5.46. The molecule has 0 fully saturated rings. The van der Waals surface area contributed by atoms with E-state index in [1.165, 1.54) is 6.08 Å². The van der Waals surface area contributed by atoms with Gasteiger partial charge in [0.15, 0.2) is 0 Å². The summed E-state index contributed by atoms with van der Waals surface area (Å²) in [5.74, 6) is -1.17. The van der Waals surface area contributed by atoms with E-state index in [4.69, 9.17) is 9.84 Å². The average molecular weight is 230 g/mol. The van der Waals surface area contributed by atoms with Gasteiger partial charge in [-0.3, -0.25) is 4.79 Å². The van der Waals surface area contributed by atoms with Gasteiger partial charge in [-0.25, -0.2) is 4.79 Å². The molecule has 0 aliphatic rings. The number of carbonyl (C=O) groups is 2. The number of likely N-dealkylation sites (N-methyl/N-ethyl adjacent to an activating group) is 1. The van der Waals surface area contributed by atoms with Crippen LogP contribution in [0.5, 0.6) is 0 Å². The number of allylic oxidation sites excluding steroid dienone is 1. The Hall–Kier alpha value is -1.36. The fourth-order valence-electron chi connectivity index (χ4n) is 1.09. The lowest BCUT2D eigenvalue weighted by molar-refractivity contribution is -0.889. The summed E-state index contributed by atoms with van der Waals surface area (Å²) in [7, 11) is 3.82. The largest absolute Gasteiger partial charge is 0.481 e. The van der Waals surface area contributed by atoms with Crippen molar-refractivity contribution in [1.29, 1.82) is 0 Å². The first-order chi connectivity index (χ1) is 7.37. The predicted molar refractivity (Wildman–Crippen MR) is 59.9 cm³/mol. The van der Waals surface area contributed by atoms with Crippen molar-refractivity contribution in [3.63, 3.8) is 0 Å². The van der Waals surface area contributed by atoms with Crippen molar-refractivity contribution in [3.8, 4) is 0 Å². The molecule has 0 aromatic rings. The second-order valence-corrected chi connectivity index (χ2v) is 4.19. The summed E-state index contributed by atoms with van der Waals surface area (Å²) in [5.41, 5.74) is 0. The highest BCUT2D eigenvalue weighted by atomic mass is 16.5. The summed E-state index contributed by atoms with van der Waals surface area (Å²) in [6.45, 7) is 3.18. The summed E-state index contributed by atoms with van der Waals surface area (Å²) in [5, 5.41) is 8.56. The van der Waals surface area contributed by atoms with E-state index in [1.54, 1.807) is 13.0 Å². The predicted octanol–water partition coefficient (Wildman–Crippen LogP) is 0.657. The van der Waals surface area contributed by atoms with E-state index in [9.17, 15) is 9.59 Å². The van der Waals surface area contributed by atoms with Gasteiger partial charge in [0.2, 0.25) is 0 Å². The Labute approximate surface area is 95.9 Å². The van der Waals surface area contributed by atoms with Crippen LogP contribution in [0.1, 0.15) is 13.3 Å². The van der Waals surface area contributed by atoms with Crippen LogP contribution in [0.2, 0.25) is 0 Å².